The molecule has 0 radical (unpaired) electrons. The summed E-state index contributed by atoms with van der Waals surface area (Å²) in [5.74, 6) is -1.42. The summed E-state index contributed by atoms with van der Waals surface area (Å²) in [6, 6.07) is 0. The predicted octanol–water partition coefficient (Wildman–Crippen LogP) is 1.11. The first-order chi connectivity index (χ1) is 8.99. The van der Waals surface area contributed by atoms with E-state index < -0.39 is 11.9 Å². The van der Waals surface area contributed by atoms with Gasteiger partial charge in [-0.15, -0.1) is 0 Å². The van der Waals surface area contributed by atoms with Crippen LogP contribution < -0.4 is 5.32 Å². The maximum absolute atomic E-state index is 11.4. The molecular weight excluding hydrogens is 272 g/mol. The van der Waals surface area contributed by atoms with E-state index in [1.807, 2.05) is 0 Å². The number of rotatable bonds is 6. The van der Waals surface area contributed by atoms with Crippen molar-refractivity contribution in [2.24, 2.45) is 0 Å². The van der Waals surface area contributed by atoms with E-state index in [0.29, 0.717) is 5.13 Å². The van der Waals surface area contributed by atoms with Gasteiger partial charge < -0.3 is 14.8 Å². The Labute approximate surface area is 113 Å². The van der Waals surface area contributed by atoms with Crippen molar-refractivity contribution in [3.63, 3.8) is 0 Å². The third-order valence-electron chi connectivity index (χ3n) is 2.01. The summed E-state index contributed by atoms with van der Waals surface area (Å²) >= 11 is 0.991. The number of ketones is 1. The topological polar surface area (TPSA) is 94.6 Å². The summed E-state index contributed by atoms with van der Waals surface area (Å²) in [7, 11) is 1.21. The standard InChI is InChI=1S/C11H14N2O5S/c1-4-18-7(15)5-12-11-13-8(10(16)17-3)9(19-11)6(2)14/h4-5H2,1-3H3,(H,12,13). The molecule has 0 aliphatic carbocycles. The molecule has 1 heterocycles. The lowest BCUT2D eigenvalue weighted by atomic mass is 10.3. The Morgan fingerprint density at radius 1 is 1.37 bits per heavy atom. The van der Waals surface area contributed by atoms with Crippen LogP contribution in [0.4, 0.5) is 5.13 Å². The van der Waals surface area contributed by atoms with Gasteiger partial charge in [0.05, 0.1) is 13.7 Å². The lowest BCUT2D eigenvalue weighted by molar-refractivity contribution is -0.140. The molecule has 19 heavy (non-hydrogen) atoms. The number of carbonyl (C=O) groups is 3. The minimum absolute atomic E-state index is 0.0497. The minimum atomic E-state index is -0.689. The molecule has 1 rings (SSSR count). The molecule has 0 aromatic carbocycles. The van der Waals surface area contributed by atoms with Crippen LogP contribution in [0.2, 0.25) is 0 Å². The van der Waals surface area contributed by atoms with Gasteiger partial charge in [0.2, 0.25) is 0 Å². The third-order valence-corrected chi connectivity index (χ3v) is 3.13. The van der Waals surface area contributed by atoms with Crippen LogP contribution in [0.15, 0.2) is 0 Å². The molecule has 8 heteroatoms. The Morgan fingerprint density at radius 3 is 2.58 bits per heavy atom. The molecule has 0 aliphatic heterocycles. The molecule has 1 N–H and O–H groups in total. The van der Waals surface area contributed by atoms with E-state index in [4.69, 9.17) is 4.74 Å². The molecule has 1 aromatic rings. The van der Waals surface area contributed by atoms with Crippen LogP contribution in [0.3, 0.4) is 0 Å². The van der Waals surface area contributed by atoms with E-state index >= 15 is 0 Å². The number of anilines is 1. The van der Waals surface area contributed by atoms with Crippen molar-refractivity contribution in [3.05, 3.63) is 10.6 Å². The zero-order chi connectivity index (χ0) is 14.4. The second-order valence-electron chi connectivity index (χ2n) is 3.40. The molecular formula is C11H14N2O5S. The number of methoxy groups -OCH3 is 1. The minimum Gasteiger partial charge on any atom is -0.465 e. The van der Waals surface area contributed by atoms with E-state index in [1.165, 1.54) is 14.0 Å². The molecule has 0 aliphatic rings. The second-order valence-corrected chi connectivity index (χ2v) is 4.40. The van der Waals surface area contributed by atoms with Crippen molar-refractivity contribution >= 4 is 34.2 Å². The summed E-state index contributed by atoms with van der Waals surface area (Å²) in [5, 5.41) is 2.99. The van der Waals surface area contributed by atoms with Gasteiger partial charge in [0.1, 0.15) is 11.4 Å². The molecule has 0 amide bonds. The van der Waals surface area contributed by atoms with Crippen molar-refractivity contribution < 1.29 is 23.9 Å². The molecule has 0 fully saturated rings. The van der Waals surface area contributed by atoms with Crippen molar-refractivity contribution in [2.75, 3.05) is 25.6 Å². The first-order valence-electron chi connectivity index (χ1n) is 5.49. The van der Waals surface area contributed by atoms with Gasteiger partial charge in [-0.3, -0.25) is 9.59 Å². The summed E-state index contributed by atoms with van der Waals surface area (Å²) in [5.41, 5.74) is -0.0497. The van der Waals surface area contributed by atoms with Crippen LogP contribution >= 0.6 is 11.3 Å². The number of nitrogens with one attached hydrogen (secondary N) is 1. The number of thiazole rings is 1. The van der Waals surface area contributed by atoms with Crippen molar-refractivity contribution in [2.45, 2.75) is 13.8 Å². The Balaban J connectivity index is 2.83. The van der Waals surface area contributed by atoms with Gasteiger partial charge in [-0.1, -0.05) is 11.3 Å². The Kier molecular flexibility index (Phi) is 5.43. The van der Waals surface area contributed by atoms with Gasteiger partial charge >= 0.3 is 11.9 Å². The number of hydrogen-bond acceptors (Lipinski definition) is 8. The van der Waals surface area contributed by atoms with E-state index in [1.54, 1.807) is 6.92 Å². The average molecular weight is 286 g/mol. The molecule has 0 unspecified atom stereocenters. The normalized spacial score (nSPS) is 9.84. The lowest BCUT2D eigenvalue weighted by Gasteiger charge is -2.01. The van der Waals surface area contributed by atoms with Gasteiger partial charge in [-0.25, -0.2) is 9.78 Å². The maximum Gasteiger partial charge on any atom is 0.358 e. The molecule has 0 atom stereocenters. The Morgan fingerprint density at radius 2 is 2.05 bits per heavy atom. The first kappa shape index (κ1) is 15.1. The largest absolute Gasteiger partial charge is 0.465 e. The van der Waals surface area contributed by atoms with Crippen LogP contribution in [0.25, 0.3) is 0 Å². The quantitative estimate of drug-likeness (QED) is 0.618. The maximum atomic E-state index is 11.4. The van der Waals surface area contributed by atoms with Gasteiger partial charge in [-0.2, -0.15) is 0 Å². The molecule has 0 bridgehead atoms. The molecule has 1 aromatic heterocycles. The van der Waals surface area contributed by atoms with Crippen molar-refractivity contribution in [3.8, 4) is 0 Å². The number of carbonyl (C=O) groups excluding carboxylic acids is 3. The van der Waals surface area contributed by atoms with E-state index in [9.17, 15) is 14.4 Å². The monoisotopic (exact) mass is 286 g/mol. The van der Waals surface area contributed by atoms with E-state index in [0.717, 1.165) is 11.3 Å². The fourth-order valence-corrected chi connectivity index (χ4v) is 2.07. The SMILES string of the molecule is CCOC(=O)CNc1nc(C(=O)OC)c(C(C)=O)s1. The third kappa shape index (κ3) is 4.02. The highest BCUT2D eigenvalue weighted by molar-refractivity contribution is 7.17. The van der Waals surface area contributed by atoms with Crippen molar-refractivity contribution in [1.82, 2.24) is 4.98 Å². The highest BCUT2D eigenvalue weighted by Gasteiger charge is 2.21. The molecule has 0 spiro atoms. The Bertz CT molecular complexity index is 497. The molecule has 104 valence electrons. The molecule has 7 nitrogen and oxygen atoms in total. The molecule has 0 saturated carbocycles. The number of aromatic nitrogens is 1. The fourth-order valence-electron chi connectivity index (χ4n) is 1.23. The number of esters is 2. The highest BCUT2D eigenvalue weighted by atomic mass is 32.1. The fraction of sp³-hybridized carbons (Fsp3) is 0.455. The predicted molar refractivity (Wildman–Crippen MR) is 68.6 cm³/mol. The lowest BCUT2D eigenvalue weighted by Crippen LogP contribution is -2.16. The van der Waals surface area contributed by atoms with Gasteiger partial charge in [0, 0.05) is 6.92 Å². The number of ether oxygens (including phenoxy) is 2. The zero-order valence-electron chi connectivity index (χ0n) is 10.8. The van der Waals surface area contributed by atoms with Crippen LogP contribution in [-0.4, -0.2) is 43.0 Å². The van der Waals surface area contributed by atoms with Crippen LogP contribution in [0.5, 0.6) is 0 Å². The number of hydrogen-bond donors (Lipinski definition) is 1. The average Bonchev–Trinajstić information content (AvgIpc) is 2.80. The smallest absolute Gasteiger partial charge is 0.358 e. The summed E-state index contributed by atoms with van der Waals surface area (Å²) in [4.78, 5) is 38.1. The van der Waals surface area contributed by atoms with Crippen LogP contribution in [0.1, 0.15) is 34.0 Å². The molecule has 0 saturated heterocycles. The first-order valence-corrected chi connectivity index (χ1v) is 6.30. The van der Waals surface area contributed by atoms with Crippen molar-refractivity contribution in [1.29, 1.82) is 0 Å². The van der Waals surface area contributed by atoms with E-state index in [2.05, 4.69) is 15.0 Å². The number of nitrogens with zero attached hydrogens (tertiary/aromatic N) is 1. The zero-order valence-corrected chi connectivity index (χ0v) is 11.6. The summed E-state index contributed by atoms with van der Waals surface area (Å²) < 4.78 is 9.27. The van der Waals surface area contributed by atoms with Crippen LogP contribution in [-0.2, 0) is 14.3 Å². The van der Waals surface area contributed by atoms with Gasteiger partial charge in [-0.05, 0) is 6.92 Å². The second kappa shape index (κ2) is 6.83. The van der Waals surface area contributed by atoms with E-state index in [-0.39, 0.29) is 29.5 Å². The van der Waals surface area contributed by atoms with Gasteiger partial charge in [0.15, 0.2) is 16.6 Å². The van der Waals surface area contributed by atoms with Gasteiger partial charge in [0.25, 0.3) is 0 Å². The number of Topliss-reactive ketones (excluding diaryl/α,β-unsaturated/α-hetero) is 1. The highest BCUT2D eigenvalue weighted by Crippen LogP contribution is 2.24. The summed E-state index contributed by atoms with van der Waals surface area (Å²) in [6.07, 6.45) is 0. The Hall–Kier alpha value is -1.96. The summed E-state index contributed by atoms with van der Waals surface area (Å²) in [6.45, 7) is 3.23. The van der Waals surface area contributed by atoms with Crippen LogP contribution in [0, 0.1) is 0 Å².